The Morgan fingerprint density at radius 3 is 2.72 bits per heavy atom. The van der Waals surface area contributed by atoms with Crippen molar-refractivity contribution in [3.05, 3.63) is 53.5 Å². The molecule has 2 unspecified atom stereocenters. The Bertz CT molecular complexity index is 948. The van der Waals surface area contributed by atoms with Crippen LogP contribution in [-0.4, -0.2) is 81.7 Å². The monoisotopic (exact) mass is 436 g/mol. The van der Waals surface area contributed by atoms with Crippen molar-refractivity contribution >= 4 is 11.7 Å². The summed E-state index contributed by atoms with van der Waals surface area (Å²) in [7, 11) is 0. The zero-order valence-corrected chi connectivity index (χ0v) is 18.4. The Balaban J connectivity index is 1.20. The van der Waals surface area contributed by atoms with E-state index in [0.29, 0.717) is 30.6 Å². The van der Waals surface area contributed by atoms with Gasteiger partial charge in [0.1, 0.15) is 17.8 Å². The van der Waals surface area contributed by atoms with Crippen molar-refractivity contribution in [2.24, 2.45) is 0 Å². The number of nitrogens with one attached hydrogen (secondary N) is 2. The highest BCUT2D eigenvalue weighted by Gasteiger charge is 2.35. The quantitative estimate of drug-likeness (QED) is 0.665. The summed E-state index contributed by atoms with van der Waals surface area (Å²) >= 11 is 0. The van der Waals surface area contributed by atoms with Crippen molar-refractivity contribution in [2.45, 2.75) is 50.4 Å². The lowest BCUT2D eigenvalue weighted by Crippen LogP contribution is -2.56. The molecule has 8 nitrogen and oxygen atoms in total. The number of β-amino-alcohol motifs (C(OH)–C–C–N with tert-alkyl or cyclic N) is 1. The summed E-state index contributed by atoms with van der Waals surface area (Å²) in [5.41, 5.74) is 3.14. The molecule has 32 heavy (non-hydrogen) atoms. The minimum atomic E-state index is -0.563. The molecule has 0 aliphatic carbocycles. The van der Waals surface area contributed by atoms with Crippen LogP contribution in [0.1, 0.15) is 40.9 Å². The molecule has 2 saturated heterocycles. The van der Waals surface area contributed by atoms with E-state index in [9.17, 15) is 9.90 Å². The van der Waals surface area contributed by atoms with E-state index in [1.165, 1.54) is 17.5 Å². The summed E-state index contributed by atoms with van der Waals surface area (Å²) in [4.78, 5) is 25.7. The minimum absolute atomic E-state index is 0.0787. The maximum Gasteiger partial charge on any atom is 0.272 e. The van der Waals surface area contributed by atoms with Gasteiger partial charge in [0, 0.05) is 44.3 Å². The molecule has 2 fully saturated rings. The molecule has 2 atom stereocenters. The third-order valence-corrected chi connectivity index (χ3v) is 7.04. The van der Waals surface area contributed by atoms with Crippen LogP contribution in [0.15, 0.2) is 36.7 Å². The van der Waals surface area contributed by atoms with E-state index in [1.807, 2.05) is 0 Å². The number of amides is 1. The predicted octanol–water partition coefficient (Wildman–Crippen LogP) is 1.27. The number of nitrogens with zero attached hydrogens (tertiary/aromatic N) is 4. The van der Waals surface area contributed by atoms with Gasteiger partial charge in [-0.1, -0.05) is 24.3 Å². The second-order valence-electron chi connectivity index (χ2n) is 9.12. The van der Waals surface area contributed by atoms with Crippen LogP contribution < -0.4 is 10.6 Å². The van der Waals surface area contributed by atoms with Crippen molar-refractivity contribution < 1.29 is 9.90 Å². The highest BCUT2D eigenvalue weighted by Crippen LogP contribution is 2.26. The van der Waals surface area contributed by atoms with Gasteiger partial charge in [0.05, 0.1) is 6.10 Å². The van der Waals surface area contributed by atoms with Crippen molar-refractivity contribution in [1.29, 1.82) is 0 Å². The van der Waals surface area contributed by atoms with Gasteiger partial charge in [-0.15, -0.1) is 0 Å². The van der Waals surface area contributed by atoms with Gasteiger partial charge in [-0.3, -0.25) is 9.69 Å². The number of likely N-dealkylation sites (tertiary alicyclic amines) is 1. The van der Waals surface area contributed by atoms with Gasteiger partial charge < -0.3 is 20.6 Å². The van der Waals surface area contributed by atoms with Crippen LogP contribution >= 0.6 is 0 Å². The van der Waals surface area contributed by atoms with Gasteiger partial charge in [0.15, 0.2) is 0 Å². The normalized spacial score (nSPS) is 24.7. The molecule has 3 aliphatic rings. The third kappa shape index (κ3) is 4.62. The number of aromatic nitrogens is 2. The standard InChI is InChI=1S/C24H32N6O2/c31-22-15-30(12-8-21(22)29-11-7-17-3-1-2-4-18(17)14-29)24(32)20-13-23(27-16-26-20)28-19-5-9-25-10-6-19/h1-4,13,16,19,21-22,25,31H,5-12,14-15H2,(H,26,27,28). The first kappa shape index (κ1) is 21.3. The lowest BCUT2D eigenvalue weighted by atomic mass is 9.94. The highest BCUT2D eigenvalue weighted by molar-refractivity contribution is 5.93. The SMILES string of the molecule is O=C(c1cc(NC2CCNCC2)ncn1)N1CCC(N2CCc3ccccc3C2)C(O)C1. The Hall–Kier alpha value is -2.55. The summed E-state index contributed by atoms with van der Waals surface area (Å²) in [6.45, 7) is 4.75. The van der Waals surface area contributed by atoms with Gasteiger partial charge >= 0.3 is 0 Å². The van der Waals surface area contributed by atoms with E-state index in [4.69, 9.17) is 0 Å². The Labute approximate surface area is 189 Å². The lowest BCUT2D eigenvalue weighted by molar-refractivity contribution is -0.0139. The first-order valence-corrected chi connectivity index (χ1v) is 11.7. The fraction of sp³-hybridized carbons (Fsp3) is 0.542. The van der Waals surface area contributed by atoms with E-state index in [-0.39, 0.29) is 11.9 Å². The van der Waals surface area contributed by atoms with Gasteiger partial charge in [-0.2, -0.15) is 0 Å². The molecule has 4 heterocycles. The van der Waals surface area contributed by atoms with Crippen LogP contribution in [0.2, 0.25) is 0 Å². The second kappa shape index (κ2) is 9.52. The molecule has 170 valence electrons. The molecule has 8 heteroatoms. The zero-order chi connectivity index (χ0) is 21.9. The third-order valence-electron chi connectivity index (χ3n) is 7.04. The second-order valence-corrected chi connectivity index (χ2v) is 9.12. The lowest BCUT2D eigenvalue weighted by Gasteiger charge is -2.43. The number of hydrogen-bond acceptors (Lipinski definition) is 7. The van der Waals surface area contributed by atoms with E-state index in [0.717, 1.165) is 51.9 Å². The van der Waals surface area contributed by atoms with Crippen molar-refractivity contribution in [3.63, 3.8) is 0 Å². The Kier molecular flexibility index (Phi) is 6.34. The number of hydrogen-bond donors (Lipinski definition) is 3. The van der Waals surface area contributed by atoms with Gasteiger partial charge in [0.25, 0.3) is 5.91 Å². The van der Waals surface area contributed by atoms with Crippen LogP contribution in [-0.2, 0) is 13.0 Å². The van der Waals surface area contributed by atoms with E-state index in [1.54, 1.807) is 11.0 Å². The molecule has 0 spiro atoms. The number of piperidine rings is 2. The summed E-state index contributed by atoms with van der Waals surface area (Å²) in [5.74, 6) is 0.555. The first-order chi connectivity index (χ1) is 15.7. The minimum Gasteiger partial charge on any atom is -0.390 e. The molecule has 1 aromatic carbocycles. The summed E-state index contributed by atoms with van der Waals surface area (Å²) in [5, 5.41) is 17.7. The molecule has 2 aromatic rings. The fourth-order valence-electron chi connectivity index (χ4n) is 5.22. The largest absolute Gasteiger partial charge is 0.390 e. The molecule has 5 rings (SSSR count). The summed E-state index contributed by atoms with van der Waals surface area (Å²) in [6.07, 6.45) is 4.73. The van der Waals surface area contributed by atoms with E-state index < -0.39 is 6.10 Å². The van der Waals surface area contributed by atoms with Crippen LogP contribution in [0, 0.1) is 0 Å². The van der Waals surface area contributed by atoms with Crippen molar-refractivity contribution in [1.82, 2.24) is 25.1 Å². The molecule has 1 aromatic heterocycles. The highest BCUT2D eigenvalue weighted by atomic mass is 16.3. The van der Waals surface area contributed by atoms with Crippen LogP contribution in [0.5, 0.6) is 0 Å². The van der Waals surface area contributed by atoms with E-state index in [2.05, 4.69) is 49.8 Å². The topological polar surface area (TPSA) is 93.6 Å². The number of rotatable bonds is 4. The molecular formula is C24H32N6O2. The maximum absolute atomic E-state index is 13.1. The van der Waals surface area contributed by atoms with Crippen molar-refractivity contribution in [3.8, 4) is 0 Å². The van der Waals surface area contributed by atoms with Crippen LogP contribution in [0.3, 0.4) is 0 Å². The van der Waals surface area contributed by atoms with E-state index >= 15 is 0 Å². The molecule has 0 bridgehead atoms. The number of carbonyl (C=O) groups excluding carboxylic acids is 1. The number of aliphatic hydroxyl groups is 1. The molecule has 3 N–H and O–H groups in total. The van der Waals surface area contributed by atoms with Crippen LogP contribution in [0.25, 0.3) is 0 Å². The number of anilines is 1. The van der Waals surface area contributed by atoms with Crippen molar-refractivity contribution in [2.75, 3.05) is 38.0 Å². The smallest absolute Gasteiger partial charge is 0.272 e. The molecule has 1 amide bonds. The first-order valence-electron chi connectivity index (χ1n) is 11.7. The number of carbonyl (C=O) groups is 1. The average molecular weight is 437 g/mol. The predicted molar refractivity (Wildman–Crippen MR) is 122 cm³/mol. The maximum atomic E-state index is 13.1. The summed E-state index contributed by atoms with van der Waals surface area (Å²) in [6, 6.07) is 10.7. The molecule has 0 saturated carbocycles. The Morgan fingerprint density at radius 1 is 1.09 bits per heavy atom. The summed E-state index contributed by atoms with van der Waals surface area (Å²) < 4.78 is 0. The van der Waals surface area contributed by atoms with Gasteiger partial charge in [-0.25, -0.2) is 9.97 Å². The molecule has 3 aliphatic heterocycles. The van der Waals surface area contributed by atoms with Gasteiger partial charge in [0.2, 0.25) is 0 Å². The fourth-order valence-corrected chi connectivity index (χ4v) is 5.22. The zero-order valence-electron chi connectivity index (χ0n) is 18.4. The van der Waals surface area contributed by atoms with Crippen LogP contribution in [0.4, 0.5) is 5.82 Å². The number of fused-ring (bicyclic) bond motifs is 1. The molecule has 0 radical (unpaired) electrons. The number of aliphatic hydroxyl groups excluding tert-OH is 1. The average Bonchev–Trinajstić information content (AvgIpc) is 2.84. The molecular weight excluding hydrogens is 404 g/mol. The number of benzene rings is 1. The Morgan fingerprint density at radius 2 is 1.91 bits per heavy atom. The van der Waals surface area contributed by atoms with Gasteiger partial charge in [-0.05, 0) is 49.9 Å².